The fourth-order valence-electron chi connectivity index (χ4n) is 0. The Labute approximate surface area is 50.9 Å². The van der Waals surface area contributed by atoms with E-state index in [1.807, 2.05) is 0 Å². The van der Waals surface area contributed by atoms with E-state index in [1.165, 1.54) is 0 Å². The van der Waals surface area contributed by atoms with Crippen LogP contribution in [-0.2, 0) is 0 Å². The summed E-state index contributed by atoms with van der Waals surface area (Å²) in [5, 5.41) is 0. The molecule has 0 saturated heterocycles. The normalized spacial score (nSPS) is 0. The van der Waals surface area contributed by atoms with E-state index in [1.54, 1.807) is 0 Å². The Balaban J connectivity index is 0. The fraction of sp³-hybridized carbons (Fsp3) is 0. The van der Waals surface area contributed by atoms with Crippen LogP contribution >= 0.6 is 23.4 Å². The van der Waals surface area contributed by atoms with E-state index in [4.69, 9.17) is 0 Å². The van der Waals surface area contributed by atoms with Crippen LogP contribution in [0.2, 0.25) is 0 Å². The van der Waals surface area contributed by atoms with Crippen molar-refractivity contribution in [3.8, 4) is 0 Å². The van der Waals surface area contributed by atoms with Crippen LogP contribution in [0.15, 0.2) is 0 Å². The molecule has 0 fully saturated rings. The molecule has 0 aromatic carbocycles. The van der Waals surface area contributed by atoms with Crippen LogP contribution in [0.5, 0.6) is 0 Å². The van der Waals surface area contributed by atoms with Gasteiger partial charge in [-0.25, -0.2) is 0 Å². The summed E-state index contributed by atoms with van der Waals surface area (Å²) in [6, 6.07) is 0. The molecule has 0 bridgehead atoms. The maximum Gasteiger partial charge on any atom is 0 e. The first kappa shape index (κ1) is 51.6. The van der Waals surface area contributed by atoms with Gasteiger partial charge in [-0.2, -0.15) is 23.4 Å². The minimum atomic E-state index is 0. The second kappa shape index (κ2) is 25.3. The van der Waals surface area contributed by atoms with E-state index in [9.17, 15) is 0 Å². The summed E-state index contributed by atoms with van der Waals surface area (Å²) in [5.41, 5.74) is 0. The Morgan fingerprint density at radius 1 is 1.00 bits per heavy atom. The van der Waals surface area contributed by atoms with Crippen molar-refractivity contribution in [3.05, 3.63) is 0 Å². The van der Waals surface area contributed by atoms with Crippen LogP contribution < -0.4 is 0 Å². The van der Waals surface area contributed by atoms with Crippen molar-refractivity contribution in [1.29, 1.82) is 0 Å². The molecule has 0 aromatic heterocycles. The maximum absolute atomic E-state index is 0. The van der Waals surface area contributed by atoms with Crippen LogP contribution in [0.4, 0.5) is 0 Å². The first-order chi connectivity index (χ1) is 0. The summed E-state index contributed by atoms with van der Waals surface area (Å²) < 4.78 is 0. The molecule has 4 radical (unpaired) electrons. The molecule has 20 valence electrons. The summed E-state index contributed by atoms with van der Waals surface area (Å²) in [6.45, 7) is 0. The second-order valence-corrected chi connectivity index (χ2v) is 0. The molecule has 0 aliphatic heterocycles. The van der Waals surface area contributed by atoms with Gasteiger partial charge in [-0.3, -0.25) is 0 Å². The van der Waals surface area contributed by atoms with Gasteiger partial charge in [0.25, 0.3) is 0 Å². The smallest absolute Gasteiger partial charge is 0 e. The zero-order valence-electron chi connectivity index (χ0n) is 2.78. The minimum Gasteiger partial charge on any atom is -0.197 e. The SMILES string of the molecule is P.S.[B].[Li]. The van der Waals surface area contributed by atoms with E-state index < -0.39 is 0 Å². The molecule has 4 heavy (non-hydrogen) atoms. The number of rotatable bonds is 0. The third-order valence-electron chi connectivity index (χ3n) is 0. The Morgan fingerprint density at radius 2 is 1.00 bits per heavy atom. The molecule has 1 unspecified atom stereocenters. The quantitative estimate of drug-likeness (QED) is 0.273. The second-order valence-electron chi connectivity index (χ2n) is 0. The molecule has 0 aliphatic rings. The molecule has 0 amide bonds. The van der Waals surface area contributed by atoms with Gasteiger partial charge in [0, 0.05) is 27.3 Å². The maximum atomic E-state index is 0. The molecule has 0 spiro atoms. The molecule has 1 atom stereocenters. The number of hydrogen-bond donors (Lipinski definition) is 0. The van der Waals surface area contributed by atoms with Crippen molar-refractivity contribution in [2.45, 2.75) is 0 Å². The van der Waals surface area contributed by atoms with Crippen molar-refractivity contribution in [2.75, 3.05) is 0 Å². The van der Waals surface area contributed by atoms with Gasteiger partial charge in [-0.1, -0.05) is 0 Å². The molecule has 0 aromatic rings. The Hall–Kier alpha value is 1.44. The van der Waals surface area contributed by atoms with Crippen LogP contribution in [0.3, 0.4) is 0 Å². The van der Waals surface area contributed by atoms with Crippen LogP contribution in [0.25, 0.3) is 0 Å². The van der Waals surface area contributed by atoms with Gasteiger partial charge in [0.05, 0.1) is 0 Å². The van der Waals surface area contributed by atoms with Crippen molar-refractivity contribution >= 4 is 50.7 Å². The predicted octanol–water partition coefficient (Wildman–Crippen LogP) is -0.591. The molecular weight excluding hydrogens is 80.8 g/mol. The molecule has 0 heterocycles. The van der Waals surface area contributed by atoms with E-state index >= 15 is 0 Å². The van der Waals surface area contributed by atoms with E-state index in [-0.39, 0.29) is 50.7 Å². The van der Waals surface area contributed by atoms with Gasteiger partial charge in [-0.15, -0.1) is 0 Å². The first-order valence-corrected chi connectivity index (χ1v) is 0. The van der Waals surface area contributed by atoms with Crippen molar-refractivity contribution in [2.24, 2.45) is 0 Å². The molecule has 0 nitrogen and oxygen atoms in total. The van der Waals surface area contributed by atoms with Gasteiger partial charge in [0.2, 0.25) is 0 Å². The Bertz CT molecular complexity index is 8.00. The van der Waals surface area contributed by atoms with E-state index in [0.29, 0.717) is 0 Å². The molecule has 0 N–H and O–H groups in total. The summed E-state index contributed by atoms with van der Waals surface area (Å²) in [4.78, 5) is 0. The average molecular weight is 85.8 g/mol. The Kier molecular flexibility index (Phi) is 327. The summed E-state index contributed by atoms with van der Waals surface area (Å²) >= 11 is 0. The molecule has 0 rings (SSSR count). The fourth-order valence-corrected chi connectivity index (χ4v) is 0. The van der Waals surface area contributed by atoms with Crippen molar-refractivity contribution in [1.82, 2.24) is 0 Å². The van der Waals surface area contributed by atoms with Crippen LogP contribution in [0, 0.1) is 0 Å². The minimum absolute atomic E-state index is 0. The monoisotopic (exact) mass is 86.0 g/mol. The standard InChI is InChI=1S/B.Li.H3P.H2S/h;;1H3;1H2. The third kappa shape index (κ3) is 9.87. The number of hydrogen-bond acceptors (Lipinski definition) is 0. The molecular formula is H5BLiPS. The zero-order chi connectivity index (χ0) is 0. The average Bonchev–Trinajstić information content (AvgIpc) is 0. The van der Waals surface area contributed by atoms with Gasteiger partial charge < -0.3 is 0 Å². The first-order valence-electron chi connectivity index (χ1n) is 0. The Morgan fingerprint density at radius 3 is 1.00 bits per heavy atom. The summed E-state index contributed by atoms with van der Waals surface area (Å²) in [6.07, 6.45) is 0. The van der Waals surface area contributed by atoms with Crippen molar-refractivity contribution < 1.29 is 0 Å². The third-order valence-corrected chi connectivity index (χ3v) is 0. The molecule has 4 heteroatoms. The van der Waals surface area contributed by atoms with Gasteiger partial charge in [0.1, 0.15) is 0 Å². The topological polar surface area (TPSA) is 0 Å². The van der Waals surface area contributed by atoms with Gasteiger partial charge in [0.15, 0.2) is 0 Å². The predicted molar refractivity (Wildman–Crippen MR) is 33.0 cm³/mol. The summed E-state index contributed by atoms with van der Waals surface area (Å²) in [5.74, 6) is 0. The van der Waals surface area contributed by atoms with E-state index in [0.717, 1.165) is 0 Å². The van der Waals surface area contributed by atoms with Gasteiger partial charge >= 0.3 is 0 Å². The van der Waals surface area contributed by atoms with E-state index in [2.05, 4.69) is 0 Å². The van der Waals surface area contributed by atoms with Crippen LogP contribution in [-0.4, -0.2) is 27.3 Å². The zero-order valence-corrected chi connectivity index (χ0v) is 5.20. The van der Waals surface area contributed by atoms with Gasteiger partial charge in [-0.05, 0) is 0 Å². The largest absolute Gasteiger partial charge is 0.197 e. The molecule has 0 aliphatic carbocycles. The molecule has 0 saturated carbocycles. The van der Waals surface area contributed by atoms with Crippen LogP contribution in [0.1, 0.15) is 0 Å². The van der Waals surface area contributed by atoms with Crippen molar-refractivity contribution in [3.63, 3.8) is 0 Å². The summed E-state index contributed by atoms with van der Waals surface area (Å²) in [7, 11) is 0.